The molecule has 0 radical (unpaired) electrons. The third-order valence-electron chi connectivity index (χ3n) is 6.71. The standard InChI is InChI=1S/C18H22N4O2.C10H11NO2/c1-2-21-9-11-22(12-10-21)13-15-5-3-14(4-6-15)7-8-16-17(23)20-18(24)19-16;1-11-6-7-3-4-8(13-2)5-9(7)10(11)12/h3-6,16H,2,9-13H2,1H3,(H2,19,20,23,24);3-5H,6H2,1-2H3. The zero-order chi connectivity index (χ0) is 26.4. The van der Waals surface area contributed by atoms with Gasteiger partial charge in [-0.15, -0.1) is 0 Å². The van der Waals surface area contributed by atoms with Gasteiger partial charge in [0, 0.05) is 57.4 Å². The van der Waals surface area contributed by atoms with Crippen LogP contribution in [0.1, 0.15) is 34.0 Å². The Balaban J connectivity index is 0.000000207. The van der Waals surface area contributed by atoms with Crippen molar-refractivity contribution in [1.29, 1.82) is 0 Å². The van der Waals surface area contributed by atoms with Crippen LogP contribution in [0.2, 0.25) is 0 Å². The van der Waals surface area contributed by atoms with Crippen LogP contribution < -0.4 is 15.4 Å². The fourth-order valence-electron chi connectivity index (χ4n) is 4.44. The number of hydrogen-bond acceptors (Lipinski definition) is 6. The third-order valence-corrected chi connectivity index (χ3v) is 6.71. The Morgan fingerprint density at radius 2 is 1.70 bits per heavy atom. The summed E-state index contributed by atoms with van der Waals surface area (Å²) < 4.78 is 5.05. The van der Waals surface area contributed by atoms with E-state index in [2.05, 4.69) is 51.3 Å². The van der Waals surface area contributed by atoms with E-state index in [1.165, 1.54) is 5.56 Å². The summed E-state index contributed by atoms with van der Waals surface area (Å²) in [5.41, 5.74) is 3.94. The summed E-state index contributed by atoms with van der Waals surface area (Å²) in [5.74, 6) is 6.14. The van der Waals surface area contributed by atoms with Crippen LogP contribution in [0.3, 0.4) is 0 Å². The fourth-order valence-corrected chi connectivity index (χ4v) is 4.44. The molecule has 3 heterocycles. The van der Waals surface area contributed by atoms with Gasteiger partial charge in [-0.2, -0.15) is 0 Å². The van der Waals surface area contributed by atoms with Gasteiger partial charge in [0.2, 0.25) is 0 Å². The second kappa shape index (κ2) is 11.9. The minimum Gasteiger partial charge on any atom is -0.497 e. The Morgan fingerprint density at radius 3 is 2.32 bits per heavy atom. The Labute approximate surface area is 217 Å². The molecule has 3 aliphatic heterocycles. The number of carbonyl (C=O) groups is 3. The molecule has 2 saturated heterocycles. The molecule has 9 nitrogen and oxygen atoms in total. The van der Waals surface area contributed by atoms with E-state index in [1.807, 2.05) is 24.3 Å². The van der Waals surface area contributed by atoms with Crippen LogP contribution >= 0.6 is 0 Å². The monoisotopic (exact) mass is 503 g/mol. The van der Waals surface area contributed by atoms with Crippen molar-refractivity contribution in [3.05, 3.63) is 64.7 Å². The molecule has 2 aromatic carbocycles. The molecule has 0 bridgehead atoms. The predicted octanol–water partition coefficient (Wildman–Crippen LogP) is 1.66. The molecule has 1 unspecified atom stereocenters. The minimum absolute atomic E-state index is 0.0777. The lowest BCUT2D eigenvalue weighted by Gasteiger charge is -2.34. The summed E-state index contributed by atoms with van der Waals surface area (Å²) in [5, 5.41) is 4.63. The lowest BCUT2D eigenvalue weighted by Crippen LogP contribution is -2.45. The second-order valence-electron chi connectivity index (χ2n) is 9.26. The molecule has 37 heavy (non-hydrogen) atoms. The van der Waals surface area contributed by atoms with Crippen molar-refractivity contribution in [3.8, 4) is 17.6 Å². The molecule has 0 saturated carbocycles. The molecule has 9 heteroatoms. The fraction of sp³-hybridized carbons (Fsp3) is 0.393. The molecule has 1 atom stereocenters. The first-order chi connectivity index (χ1) is 17.9. The summed E-state index contributed by atoms with van der Waals surface area (Å²) >= 11 is 0. The summed E-state index contributed by atoms with van der Waals surface area (Å²) in [6, 6.07) is 12.4. The number of rotatable bonds is 4. The number of imide groups is 1. The van der Waals surface area contributed by atoms with Crippen molar-refractivity contribution in [2.75, 3.05) is 46.9 Å². The average Bonchev–Trinajstić information content (AvgIpc) is 3.39. The Bertz CT molecular complexity index is 1210. The lowest BCUT2D eigenvalue weighted by molar-refractivity contribution is -0.119. The van der Waals surface area contributed by atoms with Crippen LogP contribution in [0.15, 0.2) is 42.5 Å². The average molecular weight is 504 g/mol. The molecule has 2 fully saturated rings. The number of urea groups is 1. The van der Waals surface area contributed by atoms with Gasteiger partial charge >= 0.3 is 6.03 Å². The van der Waals surface area contributed by atoms with Gasteiger partial charge in [-0.3, -0.25) is 19.8 Å². The maximum Gasteiger partial charge on any atom is 0.322 e. The number of amides is 4. The van der Waals surface area contributed by atoms with Gasteiger partial charge in [0.25, 0.3) is 11.8 Å². The first-order valence-corrected chi connectivity index (χ1v) is 12.4. The zero-order valence-corrected chi connectivity index (χ0v) is 21.5. The zero-order valence-electron chi connectivity index (χ0n) is 21.5. The summed E-state index contributed by atoms with van der Waals surface area (Å²) in [4.78, 5) is 40.6. The third kappa shape index (κ3) is 6.67. The van der Waals surface area contributed by atoms with E-state index in [0.717, 1.165) is 61.7 Å². The summed E-state index contributed by atoms with van der Waals surface area (Å²) in [6.45, 7) is 9.46. The van der Waals surface area contributed by atoms with Crippen molar-refractivity contribution < 1.29 is 19.1 Å². The summed E-state index contributed by atoms with van der Waals surface area (Å²) in [6.07, 6.45) is 0. The van der Waals surface area contributed by atoms with Crippen molar-refractivity contribution in [2.24, 2.45) is 0 Å². The van der Waals surface area contributed by atoms with Crippen LogP contribution in [-0.4, -0.2) is 85.5 Å². The number of nitrogens with one attached hydrogen (secondary N) is 2. The minimum atomic E-state index is -0.757. The maximum atomic E-state index is 11.5. The number of hydrogen-bond donors (Lipinski definition) is 2. The van der Waals surface area contributed by atoms with Gasteiger partial charge in [0.15, 0.2) is 6.04 Å². The van der Waals surface area contributed by atoms with Crippen LogP contribution in [0.5, 0.6) is 5.75 Å². The van der Waals surface area contributed by atoms with E-state index >= 15 is 0 Å². The number of benzene rings is 2. The quantitative estimate of drug-likeness (QED) is 0.487. The Hall–Kier alpha value is -3.87. The first kappa shape index (κ1) is 26.2. The SMILES string of the molecule is CCN1CCN(Cc2ccc(C#CC3NC(=O)NC3=O)cc2)CC1.COc1ccc2c(c1)C(=O)N(C)C2. The van der Waals surface area contributed by atoms with Gasteiger partial charge in [0.05, 0.1) is 7.11 Å². The normalized spacial score (nSPS) is 19.3. The molecule has 0 aliphatic carbocycles. The van der Waals surface area contributed by atoms with E-state index in [9.17, 15) is 14.4 Å². The van der Waals surface area contributed by atoms with Crippen molar-refractivity contribution >= 4 is 17.8 Å². The van der Waals surface area contributed by atoms with Gasteiger partial charge in [-0.1, -0.05) is 37.0 Å². The number of piperazine rings is 1. The van der Waals surface area contributed by atoms with Gasteiger partial charge in [-0.25, -0.2) is 4.79 Å². The predicted molar refractivity (Wildman–Crippen MR) is 140 cm³/mol. The van der Waals surface area contributed by atoms with Crippen LogP contribution in [0, 0.1) is 11.8 Å². The smallest absolute Gasteiger partial charge is 0.322 e. The summed E-state index contributed by atoms with van der Waals surface area (Å²) in [7, 11) is 3.40. The molecular formula is C28H33N5O4. The molecule has 0 spiro atoms. The molecule has 4 amide bonds. The highest BCUT2D eigenvalue weighted by Crippen LogP contribution is 2.25. The molecule has 194 valence electrons. The molecule has 2 N–H and O–H groups in total. The van der Waals surface area contributed by atoms with Gasteiger partial charge in [0.1, 0.15) is 5.75 Å². The number of methoxy groups -OCH3 is 1. The van der Waals surface area contributed by atoms with Crippen molar-refractivity contribution in [2.45, 2.75) is 26.1 Å². The molecule has 3 aliphatic rings. The molecule has 2 aromatic rings. The topological polar surface area (TPSA) is 94.2 Å². The number of ether oxygens (including phenoxy) is 1. The molecular weight excluding hydrogens is 470 g/mol. The Morgan fingerprint density at radius 1 is 1.00 bits per heavy atom. The maximum absolute atomic E-state index is 11.5. The Kier molecular flexibility index (Phi) is 8.43. The lowest BCUT2D eigenvalue weighted by atomic mass is 10.1. The number of carbonyl (C=O) groups excluding carboxylic acids is 3. The number of likely N-dealkylation sites (N-methyl/N-ethyl adjacent to an activating group) is 1. The highest BCUT2D eigenvalue weighted by Gasteiger charge is 2.27. The van der Waals surface area contributed by atoms with Crippen LogP contribution in [-0.2, 0) is 17.9 Å². The van der Waals surface area contributed by atoms with Crippen molar-refractivity contribution in [3.63, 3.8) is 0 Å². The highest BCUT2D eigenvalue weighted by atomic mass is 16.5. The van der Waals surface area contributed by atoms with Gasteiger partial charge in [-0.05, 0) is 41.9 Å². The molecule has 0 aromatic heterocycles. The van der Waals surface area contributed by atoms with E-state index in [4.69, 9.17) is 4.74 Å². The van der Waals surface area contributed by atoms with Crippen LogP contribution in [0.25, 0.3) is 0 Å². The van der Waals surface area contributed by atoms with E-state index < -0.39 is 18.0 Å². The van der Waals surface area contributed by atoms with Crippen molar-refractivity contribution in [1.82, 2.24) is 25.3 Å². The highest BCUT2D eigenvalue weighted by molar-refractivity contribution is 6.05. The largest absolute Gasteiger partial charge is 0.497 e. The van der Waals surface area contributed by atoms with E-state index in [1.54, 1.807) is 25.1 Å². The number of nitrogens with zero attached hydrogens (tertiary/aromatic N) is 3. The second-order valence-corrected chi connectivity index (χ2v) is 9.26. The first-order valence-electron chi connectivity index (χ1n) is 12.4. The molecule has 5 rings (SSSR count). The number of fused-ring (bicyclic) bond motifs is 1. The van der Waals surface area contributed by atoms with E-state index in [-0.39, 0.29) is 5.91 Å². The van der Waals surface area contributed by atoms with E-state index in [0.29, 0.717) is 6.54 Å². The van der Waals surface area contributed by atoms with Crippen LogP contribution in [0.4, 0.5) is 4.79 Å². The van der Waals surface area contributed by atoms with Gasteiger partial charge < -0.3 is 19.9 Å².